The molecule has 0 bridgehead atoms. The van der Waals surface area contributed by atoms with Crippen LogP contribution in [-0.4, -0.2) is 84.8 Å². The molecule has 340 valence electrons. The van der Waals surface area contributed by atoms with E-state index in [-0.39, 0.29) is 39.6 Å². The van der Waals surface area contributed by atoms with Crippen LogP contribution in [0.25, 0.3) is 0 Å². The molecule has 2 aliphatic heterocycles. The second-order valence-electron chi connectivity index (χ2n) is 16.2. The lowest BCUT2D eigenvalue weighted by Gasteiger charge is -2.49. The SMILES string of the molecule is OCC1O[C@H](O[C@@H]2C(COCc3ccccc3)OC(OCc3ccccc3)C(OCc3ccccc3)C2OCc2ccccc2)C(OCc2ccccc2)C(OCc2ccccc2)[C@@H]1O. The molecule has 0 saturated carbocycles. The number of hydrogen-bond acceptors (Lipinski definition) is 11. The fraction of sp³-hybridized carbons (Fsp3) is 0.333. The van der Waals surface area contributed by atoms with Crippen molar-refractivity contribution in [2.75, 3.05) is 13.2 Å². The minimum absolute atomic E-state index is 0.0730. The van der Waals surface area contributed by atoms with Crippen LogP contribution >= 0.6 is 0 Å². The Morgan fingerprint density at radius 1 is 0.354 bits per heavy atom. The second kappa shape index (κ2) is 24.4. The molecule has 6 aromatic rings. The third-order valence-electron chi connectivity index (χ3n) is 11.5. The van der Waals surface area contributed by atoms with Gasteiger partial charge in [0.2, 0.25) is 0 Å². The lowest BCUT2D eigenvalue weighted by molar-refractivity contribution is -0.375. The Hall–Kier alpha value is -5.12. The quantitative estimate of drug-likeness (QED) is 0.0691. The van der Waals surface area contributed by atoms with Gasteiger partial charge in [0.25, 0.3) is 0 Å². The van der Waals surface area contributed by atoms with Crippen molar-refractivity contribution in [3.63, 3.8) is 0 Å². The fourth-order valence-corrected chi connectivity index (χ4v) is 8.04. The highest BCUT2D eigenvalue weighted by atomic mass is 16.8. The first kappa shape index (κ1) is 46.4. The van der Waals surface area contributed by atoms with Gasteiger partial charge in [0.05, 0.1) is 52.9 Å². The summed E-state index contributed by atoms with van der Waals surface area (Å²) < 4.78 is 60.8. The van der Waals surface area contributed by atoms with E-state index in [2.05, 4.69) is 0 Å². The molecule has 2 heterocycles. The molecule has 0 aromatic heterocycles. The normalized spacial score (nSPS) is 25.6. The van der Waals surface area contributed by atoms with Gasteiger partial charge in [0, 0.05) is 0 Å². The fourth-order valence-electron chi connectivity index (χ4n) is 8.04. The highest BCUT2D eigenvalue weighted by Crippen LogP contribution is 2.36. The minimum Gasteiger partial charge on any atom is -0.394 e. The molecular weight excluding hydrogens is 825 g/mol. The smallest absolute Gasteiger partial charge is 0.187 e. The van der Waals surface area contributed by atoms with E-state index in [4.69, 9.17) is 42.6 Å². The Labute approximate surface area is 381 Å². The van der Waals surface area contributed by atoms with Gasteiger partial charge in [-0.1, -0.05) is 182 Å². The molecule has 65 heavy (non-hydrogen) atoms. The average Bonchev–Trinajstić information content (AvgIpc) is 3.36. The number of aliphatic hydroxyl groups is 2. The predicted molar refractivity (Wildman–Crippen MR) is 243 cm³/mol. The number of aliphatic hydroxyl groups excluding tert-OH is 2. The van der Waals surface area contributed by atoms with Crippen molar-refractivity contribution in [2.24, 2.45) is 0 Å². The van der Waals surface area contributed by atoms with E-state index in [1.54, 1.807) is 0 Å². The Kier molecular flexibility index (Phi) is 17.4. The summed E-state index contributed by atoms with van der Waals surface area (Å²) in [6.07, 6.45) is -9.89. The number of rotatable bonds is 22. The maximum Gasteiger partial charge on any atom is 0.187 e. The molecule has 0 amide bonds. The summed E-state index contributed by atoms with van der Waals surface area (Å²) in [6, 6.07) is 59.0. The Morgan fingerprint density at radius 3 is 1.11 bits per heavy atom. The van der Waals surface area contributed by atoms with Gasteiger partial charge < -0.3 is 52.8 Å². The summed E-state index contributed by atoms with van der Waals surface area (Å²) >= 11 is 0. The van der Waals surface area contributed by atoms with Crippen molar-refractivity contribution in [2.45, 2.75) is 101 Å². The summed E-state index contributed by atoms with van der Waals surface area (Å²) in [4.78, 5) is 0. The zero-order chi connectivity index (χ0) is 44.5. The summed E-state index contributed by atoms with van der Waals surface area (Å²) in [5, 5.41) is 22.5. The van der Waals surface area contributed by atoms with Gasteiger partial charge in [-0.2, -0.15) is 0 Å². The van der Waals surface area contributed by atoms with E-state index in [1.807, 2.05) is 182 Å². The standard InChI is InChI=1S/C54H58O11/c55-31-45-47(56)49(58-33-40-21-9-2-10-22-40)51(60-35-42-25-13-4-14-26-42)54(63-45)65-48-46(38-57-32-39-19-7-1-8-20-39)64-53(62-37-44-29-17-6-18-30-44)52(61-36-43-27-15-5-16-28-43)50(48)59-34-41-23-11-3-12-24-41/h1-30,45-56H,31-38H2/t45?,46?,47-,48-,49?,50?,51?,52?,53?,54-/m1/s1. The maximum atomic E-state index is 11.8. The van der Waals surface area contributed by atoms with E-state index >= 15 is 0 Å². The number of hydrogen-bond donors (Lipinski definition) is 2. The first-order chi connectivity index (χ1) is 32.1. The van der Waals surface area contributed by atoms with Crippen LogP contribution < -0.4 is 0 Å². The van der Waals surface area contributed by atoms with Crippen molar-refractivity contribution in [3.05, 3.63) is 215 Å². The van der Waals surface area contributed by atoms with Gasteiger partial charge in [-0.25, -0.2) is 0 Å². The summed E-state index contributed by atoms with van der Waals surface area (Å²) in [5.41, 5.74) is 5.63. The Balaban J connectivity index is 1.16. The van der Waals surface area contributed by atoms with Crippen molar-refractivity contribution < 1.29 is 52.8 Å². The van der Waals surface area contributed by atoms with E-state index in [9.17, 15) is 10.2 Å². The second-order valence-corrected chi connectivity index (χ2v) is 16.2. The molecule has 7 unspecified atom stereocenters. The first-order valence-corrected chi connectivity index (χ1v) is 22.3. The molecule has 11 nitrogen and oxygen atoms in total. The molecule has 0 radical (unpaired) electrons. The molecule has 0 spiro atoms. The van der Waals surface area contributed by atoms with Crippen LogP contribution in [0.15, 0.2) is 182 Å². The molecular formula is C54H58O11. The van der Waals surface area contributed by atoms with Crippen LogP contribution in [0.4, 0.5) is 0 Å². The maximum absolute atomic E-state index is 11.8. The van der Waals surface area contributed by atoms with E-state index in [0.29, 0.717) is 6.61 Å². The highest BCUT2D eigenvalue weighted by Gasteiger charge is 2.54. The van der Waals surface area contributed by atoms with Gasteiger partial charge in [-0.3, -0.25) is 0 Å². The molecule has 2 fully saturated rings. The lowest BCUT2D eigenvalue weighted by Crippen LogP contribution is -2.66. The lowest BCUT2D eigenvalue weighted by atomic mass is 9.96. The van der Waals surface area contributed by atoms with Crippen LogP contribution in [0.5, 0.6) is 0 Å². The van der Waals surface area contributed by atoms with Crippen LogP contribution in [-0.2, 0) is 82.3 Å². The zero-order valence-corrected chi connectivity index (χ0v) is 36.3. The van der Waals surface area contributed by atoms with Crippen molar-refractivity contribution >= 4 is 0 Å². The van der Waals surface area contributed by atoms with E-state index in [0.717, 1.165) is 33.4 Å². The van der Waals surface area contributed by atoms with Gasteiger partial charge in [-0.15, -0.1) is 0 Å². The Morgan fingerprint density at radius 2 is 0.692 bits per heavy atom. The van der Waals surface area contributed by atoms with Gasteiger partial charge in [0.1, 0.15) is 48.8 Å². The Bertz CT molecular complexity index is 2210. The molecule has 0 aliphatic carbocycles. The van der Waals surface area contributed by atoms with Crippen LogP contribution in [0.3, 0.4) is 0 Å². The average molecular weight is 883 g/mol. The zero-order valence-electron chi connectivity index (χ0n) is 36.3. The third-order valence-corrected chi connectivity index (χ3v) is 11.5. The predicted octanol–water partition coefficient (Wildman–Crippen LogP) is 7.95. The molecule has 10 atom stereocenters. The largest absolute Gasteiger partial charge is 0.394 e. The van der Waals surface area contributed by atoms with Gasteiger partial charge >= 0.3 is 0 Å². The van der Waals surface area contributed by atoms with Crippen LogP contribution in [0, 0.1) is 0 Å². The molecule has 8 rings (SSSR count). The minimum atomic E-state index is -1.26. The van der Waals surface area contributed by atoms with Gasteiger partial charge in [0.15, 0.2) is 12.6 Å². The monoisotopic (exact) mass is 882 g/mol. The summed E-state index contributed by atoms with van der Waals surface area (Å²) in [6.45, 7) is 0.876. The molecule has 2 aliphatic rings. The number of ether oxygens (including phenoxy) is 9. The topological polar surface area (TPSA) is 124 Å². The molecule has 2 saturated heterocycles. The van der Waals surface area contributed by atoms with Gasteiger partial charge in [-0.05, 0) is 33.4 Å². The first-order valence-electron chi connectivity index (χ1n) is 22.3. The van der Waals surface area contributed by atoms with E-state index < -0.39 is 68.0 Å². The third kappa shape index (κ3) is 13.3. The van der Waals surface area contributed by atoms with Crippen molar-refractivity contribution in [3.8, 4) is 0 Å². The van der Waals surface area contributed by atoms with Crippen molar-refractivity contribution in [1.29, 1.82) is 0 Å². The van der Waals surface area contributed by atoms with Crippen LogP contribution in [0.2, 0.25) is 0 Å². The summed E-state index contributed by atoms with van der Waals surface area (Å²) in [5.74, 6) is 0. The highest BCUT2D eigenvalue weighted by molar-refractivity contribution is 5.18. The summed E-state index contributed by atoms with van der Waals surface area (Å²) in [7, 11) is 0. The van der Waals surface area contributed by atoms with Crippen molar-refractivity contribution in [1.82, 2.24) is 0 Å². The molecule has 6 aromatic carbocycles. The van der Waals surface area contributed by atoms with Crippen LogP contribution in [0.1, 0.15) is 33.4 Å². The molecule has 2 N–H and O–H groups in total. The van der Waals surface area contributed by atoms with E-state index in [1.165, 1.54) is 0 Å². The molecule has 11 heteroatoms. The number of benzene rings is 6.